The smallest absolute Gasteiger partial charge is 0.251 e. The number of likely N-dealkylation sites (N-methyl/N-ethyl adjacent to an activating group) is 1. The molecule has 0 aliphatic carbocycles. The van der Waals surface area contributed by atoms with Gasteiger partial charge in [-0.25, -0.2) is 8.78 Å². The standard InChI is InChI=1S/C17H28F2N2/c1-5-11-20-16(14-9-7-6-8-10-14)17(13(2)3)21(4)12-15(18)19/h6-10,13,15-17,20H,5,11-12H2,1-4H3. The lowest BCUT2D eigenvalue weighted by Crippen LogP contribution is -2.47. The van der Waals surface area contributed by atoms with Gasteiger partial charge >= 0.3 is 0 Å². The third-order valence-corrected chi connectivity index (χ3v) is 3.73. The van der Waals surface area contributed by atoms with Gasteiger partial charge in [-0.15, -0.1) is 0 Å². The summed E-state index contributed by atoms with van der Waals surface area (Å²) in [5, 5.41) is 3.53. The average molecular weight is 298 g/mol. The lowest BCUT2D eigenvalue weighted by Gasteiger charge is -2.38. The molecule has 120 valence electrons. The van der Waals surface area contributed by atoms with Crippen LogP contribution in [-0.4, -0.2) is 37.5 Å². The molecule has 1 N–H and O–H groups in total. The van der Waals surface area contributed by atoms with Crippen molar-refractivity contribution in [1.82, 2.24) is 10.2 Å². The fraction of sp³-hybridized carbons (Fsp3) is 0.647. The van der Waals surface area contributed by atoms with Crippen LogP contribution in [0, 0.1) is 5.92 Å². The fourth-order valence-electron chi connectivity index (χ4n) is 2.88. The normalized spacial score (nSPS) is 14.9. The number of hydrogen-bond donors (Lipinski definition) is 1. The van der Waals surface area contributed by atoms with Crippen molar-refractivity contribution >= 4 is 0 Å². The Kier molecular flexibility index (Phi) is 7.83. The summed E-state index contributed by atoms with van der Waals surface area (Å²) in [6, 6.07) is 10.2. The van der Waals surface area contributed by atoms with E-state index in [0.717, 1.165) is 18.5 Å². The van der Waals surface area contributed by atoms with Crippen molar-refractivity contribution < 1.29 is 8.78 Å². The van der Waals surface area contributed by atoms with Crippen LogP contribution in [0.4, 0.5) is 8.78 Å². The average Bonchev–Trinajstić information content (AvgIpc) is 2.42. The van der Waals surface area contributed by atoms with E-state index < -0.39 is 6.43 Å². The van der Waals surface area contributed by atoms with Crippen molar-refractivity contribution in [3.63, 3.8) is 0 Å². The van der Waals surface area contributed by atoms with E-state index in [4.69, 9.17) is 0 Å². The fourth-order valence-corrected chi connectivity index (χ4v) is 2.88. The highest BCUT2D eigenvalue weighted by atomic mass is 19.3. The Morgan fingerprint density at radius 1 is 1.14 bits per heavy atom. The Morgan fingerprint density at radius 3 is 2.24 bits per heavy atom. The van der Waals surface area contributed by atoms with Crippen LogP contribution in [-0.2, 0) is 0 Å². The molecule has 0 amide bonds. The number of rotatable bonds is 9. The largest absolute Gasteiger partial charge is 0.309 e. The van der Waals surface area contributed by atoms with E-state index in [1.807, 2.05) is 18.2 Å². The molecule has 2 atom stereocenters. The first kappa shape index (κ1) is 18.1. The zero-order chi connectivity index (χ0) is 15.8. The van der Waals surface area contributed by atoms with Gasteiger partial charge in [0, 0.05) is 12.1 Å². The van der Waals surface area contributed by atoms with E-state index in [1.54, 1.807) is 11.9 Å². The first-order valence-electron chi connectivity index (χ1n) is 7.74. The lowest BCUT2D eigenvalue weighted by atomic mass is 9.89. The van der Waals surface area contributed by atoms with Crippen LogP contribution in [0.3, 0.4) is 0 Å². The Hall–Kier alpha value is -1.00. The summed E-state index contributed by atoms with van der Waals surface area (Å²) in [7, 11) is 1.79. The van der Waals surface area contributed by atoms with Crippen LogP contribution in [0.5, 0.6) is 0 Å². The second-order valence-corrected chi connectivity index (χ2v) is 5.91. The van der Waals surface area contributed by atoms with Crippen molar-refractivity contribution in [2.24, 2.45) is 5.92 Å². The first-order valence-corrected chi connectivity index (χ1v) is 7.74. The van der Waals surface area contributed by atoms with Gasteiger partial charge in [-0.05, 0) is 31.5 Å². The monoisotopic (exact) mass is 298 g/mol. The molecule has 1 aromatic carbocycles. The predicted octanol–water partition coefficient (Wildman–Crippen LogP) is 3.95. The van der Waals surface area contributed by atoms with Crippen LogP contribution in [0.15, 0.2) is 30.3 Å². The minimum Gasteiger partial charge on any atom is -0.309 e. The molecule has 2 unspecified atom stereocenters. The van der Waals surface area contributed by atoms with Gasteiger partial charge in [-0.3, -0.25) is 4.90 Å². The van der Waals surface area contributed by atoms with Crippen molar-refractivity contribution in [3.05, 3.63) is 35.9 Å². The van der Waals surface area contributed by atoms with E-state index >= 15 is 0 Å². The second-order valence-electron chi connectivity index (χ2n) is 5.91. The van der Waals surface area contributed by atoms with E-state index in [-0.39, 0.29) is 24.5 Å². The van der Waals surface area contributed by atoms with Gasteiger partial charge in [0.05, 0.1) is 6.54 Å². The maximum atomic E-state index is 12.8. The van der Waals surface area contributed by atoms with Crippen LogP contribution < -0.4 is 5.32 Å². The number of hydrogen-bond acceptors (Lipinski definition) is 2. The molecular weight excluding hydrogens is 270 g/mol. The van der Waals surface area contributed by atoms with Gasteiger partial charge < -0.3 is 5.32 Å². The molecule has 0 heterocycles. The Balaban J connectivity index is 3.00. The number of nitrogens with one attached hydrogen (secondary N) is 1. The quantitative estimate of drug-likeness (QED) is 0.742. The molecule has 0 aromatic heterocycles. The molecule has 0 aliphatic heterocycles. The Bertz CT molecular complexity index is 382. The Labute approximate surface area is 127 Å². The summed E-state index contributed by atoms with van der Waals surface area (Å²) in [5.74, 6) is 0.281. The molecule has 1 rings (SSSR count). The number of benzene rings is 1. The van der Waals surface area contributed by atoms with Gasteiger partial charge in [-0.2, -0.15) is 0 Å². The summed E-state index contributed by atoms with van der Waals surface area (Å²) in [6.45, 7) is 6.99. The van der Waals surface area contributed by atoms with Crippen LogP contribution in [0.1, 0.15) is 38.8 Å². The minimum absolute atomic E-state index is 0.0351. The summed E-state index contributed by atoms with van der Waals surface area (Å²) in [6.07, 6.45) is -1.29. The zero-order valence-electron chi connectivity index (χ0n) is 13.5. The second kappa shape index (κ2) is 9.11. The van der Waals surface area contributed by atoms with Crippen molar-refractivity contribution in [3.8, 4) is 0 Å². The molecule has 0 fully saturated rings. The van der Waals surface area contributed by atoms with Crippen LogP contribution in [0.25, 0.3) is 0 Å². The SMILES string of the molecule is CCCNC(c1ccccc1)C(C(C)C)N(C)CC(F)F. The molecule has 0 aliphatic rings. The van der Waals surface area contributed by atoms with E-state index in [0.29, 0.717) is 0 Å². The molecule has 0 bridgehead atoms. The van der Waals surface area contributed by atoms with Crippen LogP contribution >= 0.6 is 0 Å². The number of alkyl halides is 2. The summed E-state index contributed by atoms with van der Waals surface area (Å²) in [4.78, 5) is 1.79. The van der Waals surface area contributed by atoms with Crippen molar-refractivity contribution in [1.29, 1.82) is 0 Å². The van der Waals surface area contributed by atoms with E-state index in [1.165, 1.54) is 0 Å². The van der Waals surface area contributed by atoms with Gasteiger partial charge in [0.1, 0.15) is 0 Å². The predicted molar refractivity (Wildman–Crippen MR) is 84.7 cm³/mol. The third-order valence-electron chi connectivity index (χ3n) is 3.73. The maximum absolute atomic E-state index is 12.8. The van der Waals surface area contributed by atoms with E-state index in [9.17, 15) is 8.78 Å². The highest BCUT2D eigenvalue weighted by Crippen LogP contribution is 2.26. The summed E-state index contributed by atoms with van der Waals surface area (Å²) < 4.78 is 25.5. The Morgan fingerprint density at radius 2 is 1.76 bits per heavy atom. The first-order chi connectivity index (χ1) is 9.97. The lowest BCUT2D eigenvalue weighted by molar-refractivity contribution is 0.0552. The molecule has 0 radical (unpaired) electrons. The van der Waals surface area contributed by atoms with Gasteiger partial charge in [0.2, 0.25) is 0 Å². The van der Waals surface area contributed by atoms with Gasteiger partial charge in [0.25, 0.3) is 6.43 Å². The summed E-state index contributed by atoms with van der Waals surface area (Å²) >= 11 is 0. The minimum atomic E-state index is -2.31. The number of nitrogens with zero attached hydrogens (tertiary/aromatic N) is 1. The molecule has 0 saturated carbocycles. The van der Waals surface area contributed by atoms with E-state index in [2.05, 4.69) is 38.2 Å². The van der Waals surface area contributed by atoms with Gasteiger partial charge in [-0.1, -0.05) is 51.1 Å². The molecule has 0 spiro atoms. The number of halogens is 2. The van der Waals surface area contributed by atoms with Crippen molar-refractivity contribution in [2.75, 3.05) is 20.1 Å². The highest BCUT2D eigenvalue weighted by Gasteiger charge is 2.30. The molecule has 0 saturated heterocycles. The molecule has 2 nitrogen and oxygen atoms in total. The highest BCUT2D eigenvalue weighted by molar-refractivity contribution is 5.21. The molecule has 21 heavy (non-hydrogen) atoms. The zero-order valence-corrected chi connectivity index (χ0v) is 13.5. The summed E-state index contributed by atoms with van der Waals surface area (Å²) in [5.41, 5.74) is 1.16. The molecule has 4 heteroatoms. The molecular formula is C17H28F2N2. The molecule has 1 aromatic rings. The maximum Gasteiger partial charge on any atom is 0.251 e. The third kappa shape index (κ3) is 5.71. The van der Waals surface area contributed by atoms with Crippen LogP contribution in [0.2, 0.25) is 0 Å². The topological polar surface area (TPSA) is 15.3 Å². The van der Waals surface area contributed by atoms with Crippen molar-refractivity contribution in [2.45, 2.75) is 45.7 Å². The van der Waals surface area contributed by atoms with Gasteiger partial charge in [0.15, 0.2) is 0 Å².